The van der Waals surface area contributed by atoms with Crippen molar-refractivity contribution in [2.75, 3.05) is 0 Å². The maximum atomic E-state index is 11.7. The monoisotopic (exact) mass is 288 g/mol. The van der Waals surface area contributed by atoms with Crippen molar-refractivity contribution < 1.29 is 8.42 Å². The Balaban J connectivity index is 3.02. The highest BCUT2D eigenvalue weighted by atomic mass is 32.2. The second kappa shape index (κ2) is 6.49. The lowest BCUT2D eigenvalue weighted by molar-refractivity contribution is 0.462. The van der Waals surface area contributed by atoms with Crippen molar-refractivity contribution in [3.63, 3.8) is 0 Å². The molecule has 110 valence electrons. The number of primary sulfonamides is 1. The van der Waals surface area contributed by atoms with Crippen molar-refractivity contribution in [2.24, 2.45) is 5.14 Å². The number of nitrogens with one attached hydrogen (secondary N) is 1. The molecule has 19 heavy (non-hydrogen) atoms. The first-order valence-corrected chi connectivity index (χ1v) is 8.18. The summed E-state index contributed by atoms with van der Waals surface area (Å²) in [6, 6.07) is 0.325. The molecule has 0 radical (unpaired) electrons. The van der Waals surface area contributed by atoms with Crippen LogP contribution in [-0.2, 0) is 16.6 Å². The SMILES string of the molecule is CCC(CC)NCc1cnn(C(C)C)c1S(N)(=O)=O. The summed E-state index contributed by atoms with van der Waals surface area (Å²) in [6.45, 7) is 8.41. The topological polar surface area (TPSA) is 90.0 Å². The Morgan fingerprint density at radius 1 is 1.37 bits per heavy atom. The highest BCUT2D eigenvalue weighted by molar-refractivity contribution is 7.89. The Hall–Kier alpha value is -0.920. The Morgan fingerprint density at radius 2 is 1.95 bits per heavy atom. The second-order valence-electron chi connectivity index (χ2n) is 4.95. The van der Waals surface area contributed by atoms with Crippen molar-refractivity contribution in [3.05, 3.63) is 11.8 Å². The van der Waals surface area contributed by atoms with E-state index in [1.807, 2.05) is 13.8 Å². The molecule has 1 aromatic rings. The minimum absolute atomic E-state index is 0.0461. The molecule has 0 spiro atoms. The molecule has 0 aliphatic carbocycles. The van der Waals surface area contributed by atoms with Gasteiger partial charge in [-0.25, -0.2) is 13.6 Å². The molecule has 0 aliphatic heterocycles. The summed E-state index contributed by atoms with van der Waals surface area (Å²) in [6.07, 6.45) is 3.58. The van der Waals surface area contributed by atoms with E-state index in [1.54, 1.807) is 6.20 Å². The van der Waals surface area contributed by atoms with E-state index in [-0.39, 0.29) is 11.1 Å². The maximum absolute atomic E-state index is 11.7. The van der Waals surface area contributed by atoms with Gasteiger partial charge in [-0.3, -0.25) is 4.68 Å². The molecule has 1 heterocycles. The third-order valence-corrected chi connectivity index (χ3v) is 4.13. The van der Waals surface area contributed by atoms with Gasteiger partial charge in [0.15, 0.2) is 5.03 Å². The summed E-state index contributed by atoms with van der Waals surface area (Å²) in [7, 11) is -3.77. The quantitative estimate of drug-likeness (QED) is 0.793. The van der Waals surface area contributed by atoms with Crippen molar-refractivity contribution >= 4 is 10.0 Å². The highest BCUT2D eigenvalue weighted by Crippen LogP contribution is 2.18. The summed E-state index contributed by atoms with van der Waals surface area (Å²) >= 11 is 0. The number of nitrogens with zero attached hydrogens (tertiary/aromatic N) is 2. The van der Waals surface area contributed by atoms with Gasteiger partial charge in [-0.05, 0) is 26.7 Å². The zero-order valence-corrected chi connectivity index (χ0v) is 12.9. The van der Waals surface area contributed by atoms with Crippen LogP contribution in [0.5, 0.6) is 0 Å². The molecule has 0 atom stereocenters. The van der Waals surface area contributed by atoms with Crippen LogP contribution in [-0.4, -0.2) is 24.2 Å². The normalized spacial score (nSPS) is 12.6. The minimum atomic E-state index is -3.77. The van der Waals surface area contributed by atoms with Gasteiger partial charge in [0.1, 0.15) is 0 Å². The Labute approximate surface area is 115 Å². The predicted octanol–water partition coefficient (Wildman–Crippen LogP) is 1.39. The summed E-state index contributed by atoms with van der Waals surface area (Å²) in [5.41, 5.74) is 0.628. The van der Waals surface area contributed by atoms with Crippen LogP contribution >= 0.6 is 0 Å². The molecule has 0 saturated carbocycles. The molecular weight excluding hydrogens is 264 g/mol. The fourth-order valence-electron chi connectivity index (χ4n) is 2.02. The third kappa shape index (κ3) is 4.02. The molecule has 6 nitrogen and oxygen atoms in total. The third-order valence-electron chi connectivity index (χ3n) is 3.15. The van der Waals surface area contributed by atoms with E-state index >= 15 is 0 Å². The van der Waals surface area contributed by atoms with E-state index in [4.69, 9.17) is 5.14 Å². The molecule has 7 heteroatoms. The van der Waals surface area contributed by atoms with E-state index in [1.165, 1.54) is 4.68 Å². The number of sulfonamides is 1. The molecule has 0 saturated heterocycles. The largest absolute Gasteiger partial charge is 0.310 e. The fourth-order valence-corrected chi connectivity index (χ4v) is 3.03. The number of aromatic nitrogens is 2. The van der Waals surface area contributed by atoms with Gasteiger partial charge in [-0.1, -0.05) is 13.8 Å². The number of hydrogen-bond acceptors (Lipinski definition) is 4. The average molecular weight is 288 g/mol. The van der Waals surface area contributed by atoms with Crippen molar-refractivity contribution in [1.82, 2.24) is 15.1 Å². The van der Waals surface area contributed by atoms with Crippen LogP contribution in [0.15, 0.2) is 11.2 Å². The van der Waals surface area contributed by atoms with Gasteiger partial charge >= 0.3 is 0 Å². The zero-order valence-electron chi connectivity index (χ0n) is 12.0. The van der Waals surface area contributed by atoms with Crippen LogP contribution < -0.4 is 10.5 Å². The second-order valence-corrected chi connectivity index (χ2v) is 6.43. The fraction of sp³-hybridized carbons (Fsp3) is 0.750. The Bertz CT molecular complexity index is 504. The van der Waals surface area contributed by atoms with Gasteiger partial charge in [-0.15, -0.1) is 0 Å². The first kappa shape index (κ1) is 16.1. The maximum Gasteiger partial charge on any atom is 0.255 e. The predicted molar refractivity (Wildman–Crippen MR) is 75.2 cm³/mol. The van der Waals surface area contributed by atoms with Gasteiger partial charge in [0.05, 0.1) is 6.20 Å². The molecule has 0 amide bonds. The van der Waals surface area contributed by atoms with Crippen LogP contribution in [0.2, 0.25) is 0 Å². The van der Waals surface area contributed by atoms with Crippen LogP contribution in [0.4, 0.5) is 0 Å². The number of rotatable bonds is 7. The molecular formula is C12H24N4O2S. The van der Waals surface area contributed by atoms with E-state index in [0.29, 0.717) is 18.2 Å². The molecule has 0 bridgehead atoms. The molecule has 3 N–H and O–H groups in total. The molecule has 0 unspecified atom stereocenters. The van der Waals surface area contributed by atoms with E-state index in [0.717, 1.165) is 12.8 Å². The first-order valence-electron chi connectivity index (χ1n) is 6.63. The zero-order chi connectivity index (χ0) is 14.6. The van der Waals surface area contributed by atoms with Gasteiger partial charge in [0.2, 0.25) is 0 Å². The molecule has 0 aromatic carbocycles. The van der Waals surface area contributed by atoms with Crippen molar-refractivity contribution in [1.29, 1.82) is 0 Å². The van der Waals surface area contributed by atoms with E-state index in [2.05, 4.69) is 24.3 Å². The Morgan fingerprint density at radius 3 is 2.37 bits per heavy atom. The lowest BCUT2D eigenvalue weighted by Gasteiger charge is -2.15. The first-order chi connectivity index (χ1) is 8.81. The van der Waals surface area contributed by atoms with Gasteiger partial charge in [-0.2, -0.15) is 5.10 Å². The van der Waals surface area contributed by atoms with Crippen LogP contribution in [0.3, 0.4) is 0 Å². The van der Waals surface area contributed by atoms with Crippen LogP contribution in [0.25, 0.3) is 0 Å². The van der Waals surface area contributed by atoms with Gasteiger partial charge in [0, 0.05) is 24.2 Å². The standard InChI is InChI=1S/C12H24N4O2S/c1-5-11(6-2)14-7-10-8-15-16(9(3)4)12(10)19(13,17)18/h8-9,11,14H,5-7H2,1-4H3,(H2,13,17,18). The van der Waals surface area contributed by atoms with Crippen LogP contribution in [0, 0.1) is 0 Å². The number of hydrogen-bond donors (Lipinski definition) is 2. The van der Waals surface area contributed by atoms with E-state index < -0.39 is 10.0 Å². The highest BCUT2D eigenvalue weighted by Gasteiger charge is 2.22. The molecule has 1 rings (SSSR count). The Kier molecular flexibility index (Phi) is 5.51. The molecule has 0 fully saturated rings. The van der Waals surface area contributed by atoms with E-state index in [9.17, 15) is 8.42 Å². The summed E-state index contributed by atoms with van der Waals surface area (Å²) in [5, 5.41) is 12.9. The number of nitrogens with two attached hydrogens (primary N) is 1. The molecule has 1 aromatic heterocycles. The smallest absolute Gasteiger partial charge is 0.255 e. The van der Waals surface area contributed by atoms with Gasteiger partial charge in [0.25, 0.3) is 10.0 Å². The molecule has 0 aliphatic rings. The van der Waals surface area contributed by atoms with Crippen molar-refractivity contribution in [2.45, 2.75) is 64.2 Å². The summed E-state index contributed by atoms with van der Waals surface area (Å²) in [4.78, 5) is 0. The lowest BCUT2D eigenvalue weighted by Crippen LogP contribution is -2.28. The van der Waals surface area contributed by atoms with Crippen molar-refractivity contribution in [3.8, 4) is 0 Å². The summed E-state index contributed by atoms with van der Waals surface area (Å²) < 4.78 is 24.9. The minimum Gasteiger partial charge on any atom is -0.310 e. The van der Waals surface area contributed by atoms with Gasteiger partial charge < -0.3 is 5.32 Å². The van der Waals surface area contributed by atoms with Crippen LogP contribution in [0.1, 0.15) is 52.1 Å². The summed E-state index contributed by atoms with van der Waals surface area (Å²) in [5.74, 6) is 0. The average Bonchev–Trinajstić information content (AvgIpc) is 2.74. The lowest BCUT2D eigenvalue weighted by atomic mass is 10.1.